The molecule has 182 valence electrons. The maximum absolute atomic E-state index is 13.2. The molecule has 1 aliphatic heterocycles. The number of pyridine rings is 1. The Balaban J connectivity index is 1.73. The number of rotatable bonds is 7. The van der Waals surface area contributed by atoms with Gasteiger partial charge in [0.2, 0.25) is 0 Å². The summed E-state index contributed by atoms with van der Waals surface area (Å²) in [6.45, 7) is 4.90. The molecule has 0 spiro atoms. The number of halogens is 2. The largest absolute Gasteiger partial charge is 0.435 e. The molecule has 1 aliphatic rings. The topological polar surface area (TPSA) is 98.5 Å². The highest BCUT2D eigenvalue weighted by Crippen LogP contribution is 2.33. The first-order valence-electron chi connectivity index (χ1n) is 11.1. The van der Waals surface area contributed by atoms with Crippen molar-refractivity contribution in [1.29, 1.82) is 0 Å². The molecule has 1 unspecified atom stereocenters. The molecule has 3 aromatic rings. The highest BCUT2D eigenvalue weighted by Gasteiger charge is 2.48. The van der Waals surface area contributed by atoms with E-state index in [9.17, 15) is 18.7 Å². The molecule has 3 heterocycles. The van der Waals surface area contributed by atoms with Gasteiger partial charge in [0.25, 0.3) is 5.91 Å². The zero-order chi connectivity index (χ0) is 24.7. The lowest BCUT2D eigenvalue weighted by Crippen LogP contribution is -2.62. The van der Waals surface area contributed by atoms with Crippen molar-refractivity contribution in [2.24, 2.45) is 0 Å². The molecule has 10 heteroatoms. The van der Waals surface area contributed by atoms with Gasteiger partial charge in [-0.1, -0.05) is 12.1 Å². The van der Waals surface area contributed by atoms with Crippen molar-refractivity contribution in [2.45, 2.75) is 57.9 Å². The summed E-state index contributed by atoms with van der Waals surface area (Å²) in [5.41, 5.74) is 0.427. The number of carbonyl (C=O) groups is 1. The molecular weight excluding hydrogens is 446 g/mol. The smallest absolute Gasteiger partial charge is 0.387 e. The van der Waals surface area contributed by atoms with Gasteiger partial charge in [0.05, 0.1) is 28.8 Å². The summed E-state index contributed by atoms with van der Waals surface area (Å²) in [6.07, 6.45) is 1.93. The van der Waals surface area contributed by atoms with Crippen LogP contribution in [0, 0.1) is 0 Å². The minimum absolute atomic E-state index is 0.0199. The van der Waals surface area contributed by atoms with Crippen molar-refractivity contribution >= 4 is 16.9 Å². The fraction of sp³-hybridized carbons (Fsp3) is 0.458. The third-order valence-electron chi connectivity index (χ3n) is 6.18. The first-order valence-corrected chi connectivity index (χ1v) is 11.1. The van der Waals surface area contributed by atoms with Crippen LogP contribution in [0.1, 0.15) is 50.5 Å². The van der Waals surface area contributed by atoms with E-state index < -0.39 is 17.8 Å². The van der Waals surface area contributed by atoms with E-state index in [4.69, 9.17) is 4.74 Å². The van der Waals surface area contributed by atoms with Crippen LogP contribution in [-0.4, -0.2) is 56.7 Å². The van der Waals surface area contributed by atoms with Crippen molar-refractivity contribution in [3.05, 3.63) is 42.1 Å². The number of hydrogen-bond acceptors (Lipinski definition) is 6. The van der Waals surface area contributed by atoms with Crippen LogP contribution in [-0.2, 0) is 4.74 Å². The van der Waals surface area contributed by atoms with E-state index >= 15 is 0 Å². The van der Waals surface area contributed by atoms with Crippen LogP contribution in [0.2, 0.25) is 0 Å². The standard InChI is InChI=1S/C24H28F2N4O4/c1-14(2)30-18-11-16(21(31)28-24(23(3,4)32)8-9-33-13-24)12-27-20(18)19(29-30)15-6-5-7-17(10-15)34-22(25)26/h5-7,10-12,14,22,32H,8-9,13H2,1-4H3,(H,28,31). The van der Waals surface area contributed by atoms with Gasteiger partial charge < -0.3 is 19.9 Å². The Morgan fingerprint density at radius 3 is 2.71 bits per heavy atom. The second-order valence-corrected chi connectivity index (χ2v) is 9.28. The Hall–Kier alpha value is -3.11. The maximum atomic E-state index is 13.2. The first-order chi connectivity index (χ1) is 16.0. The number of carbonyl (C=O) groups excluding carboxylic acids is 1. The lowest BCUT2D eigenvalue weighted by molar-refractivity contribution is -0.0498. The van der Waals surface area contributed by atoms with Crippen molar-refractivity contribution < 1.29 is 28.2 Å². The number of hydrogen-bond donors (Lipinski definition) is 2. The zero-order valence-corrected chi connectivity index (χ0v) is 19.5. The predicted molar refractivity (Wildman–Crippen MR) is 122 cm³/mol. The number of alkyl halides is 2. The molecule has 0 radical (unpaired) electrons. The van der Waals surface area contributed by atoms with E-state index in [1.54, 1.807) is 36.7 Å². The highest BCUT2D eigenvalue weighted by atomic mass is 19.3. The third kappa shape index (κ3) is 4.47. The fourth-order valence-electron chi connectivity index (χ4n) is 4.14. The van der Waals surface area contributed by atoms with Gasteiger partial charge in [-0.2, -0.15) is 13.9 Å². The average molecular weight is 475 g/mol. The molecule has 1 atom stereocenters. The van der Waals surface area contributed by atoms with Crippen LogP contribution in [0.15, 0.2) is 36.5 Å². The van der Waals surface area contributed by atoms with E-state index in [0.717, 1.165) is 0 Å². The summed E-state index contributed by atoms with van der Waals surface area (Å²) < 4.78 is 37.1. The van der Waals surface area contributed by atoms with E-state index in [-0.39, 0.29) is 24.3 Å². The first kappa shape index (κ1) is 24.0. The number of fused-ring (bicyclic) bond motifs is 1. The summed E-state index contributed by atoms with van der Waals surface area (Å²) in [7, 11) is 0. The van der Waals surface area contributed by atoms with E-state index in [0.29, 0.717) is 40.9 Å². The number of benzene rings is 1. The maximum Gasteiger partial charge on any atom is 0.387 e. The fourth-order valence-corrected chi connectivity index (χ4v) is 4.14. The molecule has 1 amide bonds. The minimum Gasteiger partial charge on any atom is -0.435 e. The van der Waals surface area contributed by atoms with Gasteiger partial charge in [-0.05, 0) is 52.3 Å². The quantitative estimate of drug-likeness (QED) is 0.538. The monoisotopic (exact) mass is 474 g/mol. The van der Waals surface area contributed by atoms with Crippen LogP contribution in [0.4, 0.5) is 8.78 Å². The van der Waals surface area contributed by atoms with Gasteiger partial charge in [-0.25, -0.2) is 0 Å². The van der Waals surface area contributed by atoms with Gasteiger partial charge in [0, 0.05) is 24.4 Å². The van der Waals surface area contributed by atoms with Crippen molar-refractivity contribution in [3.8, 4) is 17.0 Å². The van der Waals surface area contributed by atoms with Crippen LogP contribution in [0.5, 0.6) is 5.75 Å². The number of ether oxygens (including phenoxy) is 2. The van der Waals surface area contributed by atoms with Crippen LogP contribution >= 0.6 is 0 Å². The minimum atomic E-state index is -2.93. The molecule has 2 aromatic heterocycles. The molecule has 2 N–H and O–H groups in total. The number of amides is 1. The Morgan fingerprint density at radius 1 is 1.32 bits per heavy atom. The Labute approximate surface area is 195 Å². The highest BCUT2D eigenvalue weighted by molar-refractivity contribution is 5.99. The third-order valence-corrected chi connectivity index (χ3v) is 6.18. The number of nitrogens with one attached hydrogen (secondary N) is 1. The summed E-state index contributed by atoms with van der Waals surface area (Å²) in [5.74, 6) is -0.362. The molecule has 8 nitrogen and oxygen atoms in total. The molecule has 0 saturated carbocycles. The van der Waals surface area contributed by atoms with Crippen molar-refractivity contribution in [3.63, 3.8) is 0 Å². The number of aliphatic hydroxyl groups is 1. The molecule has 1 saturated heterocycles. The molecule has 0 bridgehead atoms. The Kier molecular flexibility index (Phi) is 6.30. The van der Waals surface area contributed by atoms with Crippen molar-refractivity contribution in [2.75, 3.05) is 13.2 Å². The zero-order valence-electron chi connectivity index (χ0n) is 19.5. The van der Waals surface area contributed by atoms with Gasteiger partial charge >= 0.3 is 6.61 Å². The van der Waals surface area contributed by atoms with Crippen LogP contribution in [0.3, 0.4) is 0 Å². The second kappa shape index (κ2) is 8.92. The lowest BCUT2D eigenvalue weighted by atomic mass is 9.81. The molecule has 1 fully saturated rings. The summed E-state index contributed by atoms with van der Waals surface area (Å²) in [5, 5.41) is 18.3. The second-order valence-electron chi connectivity index (χ2n) is 9.28. The molecule has 1 aromatic carbocycles. The van der Waals surface area contributed by atoms with E-state index in [1.807, 2.05) is 13.8 Å². The van der Waals surface area contributed by atoms with Crippen LogP contribution < -0.4 is 10.1 Å². The van der Waals surface area contributed by atoms with Gasteiger partial charge in [0.15, 0.2) is 0 Å². The van der Waals surface area contributed by atoms with Gasteiger partial charge in [-0.15, -0.1) is 0 Å². The number of nitrogens with zero attached hydrogens (tertiary/aromatic N) is 3. The molecule has 0 aliphatic carbocycles. The SMILES string of the molecule is CC(C)n1nc(-c2cccc(OC(F)F)c2)c2ncc(C(=O)NC3(C(C)(C)O)CCOC3)cc21. The summed E-state index contributed by atoms with van der Waals surface area (Å²) in [6, 6.07) is 7.91. The van der Waals surface area contributed by atoms with Crippen molar-refractivity contribution in [1.82, 2.24) is 20.1 Å². The Bertz CT molecular complexity index is 1200. The van der Waals surface area contributed by atoms with E-state index in [2.05, 4.69) is 20.1 Å². The average Bonchev–Trinajstić information content (AvgIpc) is 3.38. The van der Waals surface area contributed by atoms with Gasteiger partial charge in [0.1, 0.15) is 17.0 Å². The normalized spacial score (nSPS) is 18.7. The Morgan fingerprint density at radius 2 is 2.09 bits per heavy atom. The summed E-state index contributed by atoms with van der Waals surface area (Å²) in [4.78, 5) is 17.7. The molecule has 4 rings (SSSR count). The number of aromatic nitrogens is 3. The van der Waals surface area contributed by atoms with Crippen LogP contribution in [0.25, 0.3) is 22.3 Å². The molecule has 34 heavy (non-hydrogen) atoms. The van der Waals surface area contributed by atoms with Gasteiger partial charge in [-0.3, -0.25) is 14.5 Å². The van der Waals surface area contributed by atoms with E-state index in [1.165, 1.54) is 18.3 Å². The summed E-state index contributed by atoms with van der Waals surface area (Å²) >= 11 is 0. The lowest BCUT2D eigenvalue weighted by Gasteiger charge is -2.39. The predicted octanol–water partition coefficient (Wildman–Crippen LogP) is 3.94. The molecular formula is C24H28F2N4O4.